The van der Waals surface area contributed by atoms with Gasteiger partial charge in [-0.05, 0) is 6.42 Å². The summed E-state index contributed by atoms with van der Waals surface area (Å²) < 4.78 is 5.01. The zero-order valence-electron chi connectivity index (χ0n) is 9.83. The number of ether oxygens (including phenoxy) is 1. The van der Waals surface area contributed by atoms with Gasteiger partial charge in [0.15, 0.2) is 11.0 Å². The van der Waals surface area contributed by atoms with Crippen molar-refractivity contribution >= 4 is 23.1 Å². The topological polar surface area (TPSA) is 50.3 Å². The normalized spacial score (nSPS) is 10.2. The summed E-state index contributed by atoms with van der Waals surface area (Å²) in [6, 6.07) is 0. The van der Waals surface area contributed by atoms with Crippen molar-refractivity contribution < 1.29 is 4.74 Å². The lowest BCUT2D eigenvalue weighted by Crippen LogP contribution is -2.22. The van der Waals surface area contributed by atoms with Crippen LogP contribution in [-0.2, 0) is 4.74 Å². The lowest BCUT2D eigenvalue weighted by atomic mass is 10.3. The second kappa shape index (κ2) is 6.50. The van der Waals surface area contributed by atoms with Crippen LogP contribution >= 0.6 is 11.6 Å². The summed E-state index contributed by atoms with van der Waals surface area (Å²) in [4.78, 5) is 10.2. The molecule has 0 aromatic carbocycles. The highest BCUT2D eigenvalue weighted by Gasteiger charge is 2.11. The molecule has 0 unspecified atom stereocenters. The maximum absolute atomic E-state index is 5.97. The minimum Gasteiger partial charge on any atom is -0.385 e. The zero-order valence-corrected chi connectivity index (χ0v) is 10.6. The van der Waals surface area contributed by atoms with Crippen LogP contribution < -0.4 is 10.2 Å². The smallest absolute Gasteiger partial charge is 0.157 e. The molecule has 0 radical (unpaired) electrons. The van der Waals surface area contributed by atoms with Crippen LogP contribution in [-0.4, -0.2) is 44.3 Å². The van der Waals surface area contributed by atoms with Crippen molar-refractivity contribution in [2.24, 2.45) is 0 Å². The van der Waals surface area contributed by atoms with Gasteiger partial charge >= 0.3 is 0 Å². The average molecular weight is 245 g/mol. The Labute approximate surface area is 101 Å². The van der Waals surface area contributed by atoms with Gasteiger partial charge in [0.1, 0.15) is 12.0 Å². The van der Waals surface area contributed by atoms with E-state index in [1.807, 2.05) is 11.9 Å². The molecule has 0 aliphatic rings. The Kier molecular flexibility index (Phi) is 5.28. The van der Waals surface area contributed by atoms with E-state index in [4.69, 9.17) is 16.3 Å². The summed E-state index contributed by atoms with van der Waals surface area (Å²) in [7, 11) is 5.47. The summed E-state index contributed by atoms with van der Waals surface area (Å²) in [5, 5.41) is 3.44. The molecule has 1 rings (SSSR count). The first kappa shape index (κ1) is 13.0. The maximum Gasteiger partial charge on any atom is 0.157 e. The summed E-state index contributed by atoms with van der Waals surface area (Å²) in [6.45, 7) is 1.59. The Morgan fingerprint density at radius 3 is 2.88 bits per heavy atom. The van der Waals surface area contributed by atoms with Gasteiger partial charge in [0, 0.05) is 34.4 Å². The summed E-state index contributed by atoms with van der Waals surface area (Å²) >= 11 is 5.97. The Balaban J connectivity index is 2.74. The summed E-state index contributed by atoms with van der Waals surface area (Å²) in [6.07, 6.45) is 2.41. The highest BCUT2D eigenvalue weighted by Crippen LogP contribution is 2.27. The predicted octanol–water partition coefficient (Wildman–Crippen LogP) is 1.64. The molecule has 1 aromatic heterocycles. The zero-order chi connectivity index (χ0) is 12.0. The molecule has 90 valence electrons. The van der Waals surface area contributed by atoms with Crippen LogP contribution in [0.15, 0.2) is 6.33 Å². The Morgan fingerprint density at radius 1 is 1.50 bits per heavy atom. The van der Waals surface area contributed by atoms with Gasteiger partial charge in [0.25, 0.3) is 0 Å². The van der Waals surface area contributed by atoms with Crippen LogP contribution in [0.4, 0.5) is 11.5 Å². The molecule has 1 N–H and O–H groups in total. The average Bonchev–Trinajstić information content (AvgIpc) is 2.29. The fraction of sp³-hybridized carbons (Fsp3) is 0.600. The molecular formula is C10H17ClN4O. The van der Waals surface area contributed by atoms with Gasteiger partial charge in [0.05, 0.1) is 0 Å². The lowest BCUT2D eigenvalue weighted by Gasteiger charge is -2.20. The molecule has 1 heterocycles. The molecular weight excluding hydrogens is 228 g/mol. The minimum absolute atomic E-state index is 0.436. The first-order valence-corrected chi connectivity index (χ1v) is 5.46. The fourth-order valence-corrected chi connectivity index (χ4v) is 1.63. The first-order valence-electron chi connectivity index (χ1n) is 5.09. The molecule has 0 saturated heterocycles. The van der Waals surface area contributed by atoms with Crippen molar-refractivity contribution in [3.63, 3.8) is 0 Å². The van der Waals surface area contributed by atoms with E-state index in [0.717, 1.165) is 31.1 Å². The number of rotatable bonds is 6. The molecule has 0 aliphatic carbocycles. The molecule has 0 aliphatic heterocycles. The highest BCUT2D eigenvalue weighted by atomic mass is 35.5. The van der Waals surface area contributed by atoms with Gasteiger partial charge in [-0.25, -0.2) is 9.97 Å². The van der Waals surface area contributed by atoms with Crippen LogP contribution in [0.3, 0.4) is 0 Å². The Hall–Kier alpha value is -1.07. The monoisotopic (exact) mass is 244 g/mol. The molecule has 0 atom stereocenters. The van der Waals surface area contributed by atoms with E-state index in [2.05, 4.69) is 15.3 Å². The largest absolute Gasteiger partial charge is 0.385 e. The maximum atomic E-state index is 5.97. The molecule has 0 amide bonds. The minimum atomic E-state index is 0.436. The predicted molar refractivity (Wildman–Crippen MR) is 66.4 cm³/mol. The van der Waals surface area contributed by atoms with Crippen LogP contribution in [0.25, 0.3) is 0 Å². The lowest BCUT2D eigenvalue weighted by molar-refractivity contribution is 0.196. The SMILES string of the molecule is CNc1c(Cl)ncnc1N(C)CCCOC. The number of aromatic nitrogens is 2. The molecule has 6 heteroatoms. The third-order valence-electron chi connectivity index (χ3n) is 2.23. The van der Waals surface area contributed by atoms with E-state index in [0.29, 0.717) is 5.15 Å². The van der Waals surface area contributed by atoms with Crippen LogP contribution in [0, 0.1) is 0 Å². The fourth-order valence-electron chi connectivity index (χ4n) is 1.41. The number of halogens is 1. The van der Waals surface area contributed by atoms with Gasteiger partial charge in [0.2, 0.25) is 0 Å². The summed E-state index contributed by atoms with van der Waals surface area (Å²) in [5.41, 5.74) is 0.754. The molecule has 0 fully saturated rings. The second-order valence-electron chi connectivity index (χ2n) is 3.38. The van der Waals surface area contributed by atoms with Crippen molar-refractivity contribution in [2.75, 3.05) is 44.6 Å². The van der Waals surface area contributed by atoms with E-state index in [1.54, 1.807) is 14.2 Å². The van der Waals surface area contributed by atoms with Crippen molar-refractivity contribution in [3.8, 4) is 0 Å². The number of nitrogens with zero attached hydrogens (tertiary/aromatic N) is 3. The second-order valence-corrected chi connectivity index (χ2v) is 3.74. The number of anilines is 2. The number of hydrogen-bond donors (Lipinski definition) is 1. The molecule has 1 aromatic rings. The van der Waals surface area contributed by atoms with Crippen molar-refractivity contribution in [2.45, 2.75) is 6.42 Å². The summed E-state index contributed by atoms with van der Waals surface area (Å²) in [5.74, 6) is 0.804. The van der Waals surface area contributed by atoms with Crippen molar-refractivity contribution in [1.82, 2.24) is 9.97 Å². The van der Waals surface area contributed by atoms with Crippen molar-refractivity contribution in [1.29, 1.82) is 0 Å². The standard InChI is InChI=1S/C10H17ClN4O/c1-12-8-9(11)13-7-14-10(8)15(2)5-4-6-16-3/h7,12H,4-6H2,1-3H3. The van der Waals surface area contributed by atoms with Crippen molar-refractivity contribution in [3.05, 3.63) is 11.5 Å². The van der Waals surface area contributed by atoms with Gasteiger partial charge in [-0.1, -0.05) is 11.6 Å². The van der Waals surface area contributed by atoms with Crippen LogP contribution in [0.5, 0.6) is 0 Å². The van der Waals surface area contributed by atoms with Gasteiger partial charge in [-0.15, -0.1) is 0 Å². The van der Waals surface area contributed by atoms with Gasteiger partial charge < -0.3 is 15.0 Å². The molecule has 0 saturated carbocycles. The Bertz CT molecular complexity index is 335. The molecule has 5 nitrogen and oxygen atoms in total. The number of methoxy groups -OCH3 is 1. The number of nitrogens with one attached hydrogen (secondary N) is 1. The van der Waals surface area contributed by atoms with E-state index in [-0.39, 0.29) is 0 Å². The first-order chi connectivity index (χ1) is 7.70. The molecule has 0 spiro atoms. The van der Waals surface area contributed by atoms with Crippen LogP contribution in [0.2, 0.25) is 5.15 Å². The quantitative estimate of drug-likeness (QED) is 0.609. The third kappa shape index (κ3) is 3.21. The van der Waals surface area contributed by atoms with Gasteiger partial charge in [-0.3, -0.25) is 0 Å². The Morgan fingerprint density at radius 2 is 2.25 bits per heavy atom. The van der Waals surface area contributed by atoms with E-state index in [9.17, 15) is 0 Å². The van der Waals surface area contributed by atoms with Gasteiger partial charge in [-0.2, -0.15) is 0 Å². The number of hydrogen-bond acceptors (Lipinski definition) is 5. The highest BCUT2D eigenvalue weighted by molar-refractivity contribution is 6.32. The van der Waals surface area contributed by atoms with Crippen LogP contribution in [0.1, 0.15) is 6.42 Å². The van der Waals surface area contributed by atoms with E-state index < -0.39 is 0 Å². The molecule has 16 heavy (non-hydrogen) atoms. The van der Waals surface area contributed by atoms with E-state index >= 15 is 0 Å². The third-order valence-corrected chi connectivity index (χ3v) is 2.52. The van der Waals surface area contributed by atoms with E-state index in [1.165, 1.54) is 6.33 Å². The molecule has 0 bridgehead atoms.